The minimum absolute atomic E-state index is 0.0374. The number of amides is 1. The van der Waals surface area contributed by atoms with Crippen LogP contribution in [0.25, 0.3) is 11.4 Å². The van der Waals surface area contributed by atoms with Gasteiger partial charge < -0.3 is 14.2 Å². The first-order valence-corrected chi connectivity index (χ1v) is 8.14. The quantitative estimate of drug-likeness (QED) is 0.810. The maximum absolute atomic E-state index is 12.5. The van der Waals surface area contributed by atoms with Crippen molar-refractivity contribution < 1.29 is 27.2 Å². The number of ether oxygens (including phenoxy) is 1. The van der Waals surface area contributed by atoms with Crippen LogP contribution in [0.15, 0.2) is 28.8 Å². The molecule has 1 aromatic carbocycles. The number of alkyl halides is 3. The van der Waals surface area contributed by atoms with E-state index in [0.29, 0.717) is 25.3 Å². The predicted octanol–water partition coefficient (Wildman–Crippen LogP) is 3.14. The van der Waals surface area contributed by atoms with Crippen LogP contribution in [0.3, 0.4) is 0 Å². The van der Waals surface area contributed by atoms with Crippen molar-refractivity contribution >= 4 is 5.91 Å². The lowest BCUT2D eigenvalue weighted by Gasteiger charge is -2.38. The highest BCUT2D eigenvalue weighted by Gasteiger charge is 2.38. The summed E-state index contributed by atoms with van der Waals surface area (Å²) in [7, 11) is 0. The molecule has 2 heterocycles. The number of benzene rings is 1. The first-order valence-electron chi connectivity index (χ1n) is 8.14. The van der Waals surface area contributed by atoms with Crippen molar-refractivity contribution in [2.75, 3.05) is 13.2 Å². The molecule has 0 N–H and O–H groups in total. The Bertz CT molecular complexity index is 768. The van der Waals surface area contributed by atoms with Gasteiger partial charge in [-0.15, -0.1) is 0 Å². The summed E-state index contributed by atoms with van der Waals surface area (Å²) in [6.07, 6.45) is -4.67. The van der Waals surface area contributed by atoms with E-state index in [1.807, 2.05) is 13.8 Å². The molecule has 26 heavy (non-hydrogen) atoms. The summed E-state index contributed by atoms with van der Waals surface area (Å²) in [6, 6.07) is 6.74. The molecule has 1 aromatic heterocycles. The van der Waals surface area contributed by atoms with E-state index < -0.39 is 12.1 Å². The molecule has 0 saturated carbocycles. The normalized spacial score (nSPS) is 15.2. The Hall–Kier alpha value is -2.42. The van der Waals surface area contributed by atoms with Crippen LogP contribution >= 0.6 is 0 Å². The van der Waals surface area contributed by atoms with Gasteiger partial charge in [0.1, 0.15) is 0 Å². The SMILES string of the molecule is CC(C)C(=O)N(Cc1ccc(-c2noc(C(F)(F)F)n2)cc1)C1COC1. The first-order chi connectivity index (χ1) is 12.3. The summed E-state index contributed by atoms with van der Waals surface area (Å²) in [6.45, 7) is 5.11. The maximum Gasteiger partial charge on any atom is 0.471 e. The van der Waals surface area contributed by atoms with E-state index in [-0.39, 0.29) is 23.7 Å². The second kappa shape index (κ2) is 7.06. The van der Waals surface area contributed by atoms with Gasteiger partial charge in [-0.1, -0.05) is 43.3 Å². The van der Waals surface area contributed by atoms with Gasteiger partial charge >= 0.3 is 12.1 Å². The fourth-order valence-electron chi connectivity index (χ4n) is 2.53. The summed E-state index contributed by atoms with van der Waals surface area (Å²) in [5, 5.41) is 3.36. The Morgan fingerprint density at radius 1 is 1.27 bits per heavy atom. The number of halogens is 3. The van der Waals surface area contributed by atoms with Crippen LogP contribution in [0, 0.1) is 5.92 Å². The van der Waals surface area contributed by atoms with Gasteiger partial charge in [0.15, 0.2) is 0 Å². The molecular weight excluding hydrogens is 351 g/mol. The molecule has 1 fully saturated rings. The van der Waals surface area contributed by atoms with E-state index >= 15 is 0 Å². The summed E-state index contributed by atoms with van der Waals surface area (Å²) in [5.74, 6) is -1.60. The van der Waals surface area contributed by atoms with Gasteiger partial charge in [0.25, 0.3) is 0 Å². The molecule has 1 amide bonds. The van der Waals surface area contributed by atoms with Crippen molar-refractivity contribution in [3.8, 4) is 11.4 Å². The minimum Gasteiger partial charge on any atom is -0.377 e. The zero-order valence-corrected chi connectivity index (χ0v) is 14.3. The third kappa shape index (κ3) is 3.87. The highest BCUT2D eigenvalue weighted by molar-refractivity contribution is 5.78. The van der Waals surface area contributed by atoms with Crippen molar-refractivity contribution in [2.45, 2.75) is 32.6 Å². The number of hydrogen-bond donors (Lipinski definition) is 0. The van der Waals surface area contributed by atoms with E-state index in [4.69, 9.17) is 4.74 Å². The summed E-state index contributed by atoms with van der Waals surface area (Å²) in [5.41, 5.74) is 1.26. The van der Waals surface area contributed by atoms with Crippen LogP contribution in [0.1, 0.15) is 25.3 Å². The highest BCUT2D eigenvalue weighted by Crippen LogP contribution is 2.29. The monoisotopic (exact) mass is 369 g/mol. The topological polar surface area (TPSA) is 68.5 Å². The lowest BCUT2D eigenvalue weighted by Crippen LogP contribution is -2.52. The molecule has 0 unspecified atom stereocenters. The van der Waals surface area contributed by atoms with Crippen LogP contribution in [0.2, 0.25) is 0 Å². The average molecular weight is 369 g/mol. The molecule has 0 aliphatic carbocycles. The maximum atomic E-state index is 12.5. The van der Waals surface area contributed by atoms with Crippen molar-refractivity contribution in [3.05, 3.63) is 35.7 Å². The van der Waals surface area contributed by atoms with Crippen LogP contribution in [0.5, 0.6) is 0 Å². The number of aromatic nitrogens is 2. The predicted molar refractivity (Wildman–Crippen MR) is 84.7 cm³/mol. The van der Waals surface area contributed by atoms with Gasteiger partial charge in [-0.3, -0.25) is 4.79 Å². The number of carbonyl (C=O) groups is 1. The number of hydrogen-bond acceptors (Lipinski definition) is 5. The van der Waals surface area contributed by atoms with Crippen LogP contribution < -0.4 is 0 Å². The zero-order chi connectivity index (χ0) is 18.9. The molecule has 6 nitrogen and oxygen atoms in total. The van der Waals surface area contributed by atoms with E-state index in [9.17, 15) is 18.0 Å². The number of nitrogens with zero attached hydrogens (tertiary/aromatic N) is 3. The van der Waals surface area contributed by atoms with Gasteiger partial charge in [0.2, 0.25) is 11.7 Å². The largest absolute Gasteiger partial charge is 0.471 e. The Kier molecular flexibility index (Phi) is 4.99. The van der Waals surface area contributed by atoms with Gasteiger partial charge in [-0.25, -0.2) is 0 Å². The molecule has 2 aromatic rings. The molecule has 9 heteroatoms. The first kappa shape index (κ1) is 18.4. The van der Waals surface area contributed by atoms with Crippen molar-refractivity contribution in [2.24, 2.45) is 5.92 Å². The standard InChI is InChI=1S/C17H18F3N3O3/c1-10(2)15(24)23(13-8-25-9-13)7-11-3-5-12(6-4-11)14-21-16(26-22-14)17(18,19)20/h3-6,10,13H,7-9H2,1-2H3. The second-order valence-electron chi connectivity index (χ2n) is 6.43. The Morgan fingerprint density at radius 2 is 1.92 bits per heavy atom. The Morgan fingerprint density at radius 3 is 2.38 bits per heavy atom. The third-order valence-electron chi connectivity index (χ3n) is 4.07. The minimum atomic E-state index is -4.67. The molecule has 1 aliphatic rings. The fraction of sp³-hybridized carbons (Fsp3) is 0.471. The van der Waals surface area contributed by atoms with Crippen LogP contribution in [0.4, 0.5) is 13.2 Å². The molecule has 0 atom stereocenters. The van der Waals surface area contributed by atoms with E-state index in [1.165, 1.54) is 0 Å². The lowest BCUT2D eigenvalue weighted by molar-refractivity contribution is -0.159. The third-order valence-corrected chi connectivity index (χ3v) is 4.07. The number of carbonyl (C=O) groups excluding carboxylic acids is 1. The van der Waals surface area contributed by atoms with Gasteiger partial charge in [0.05, 0.1) is 19.3 Å². The average Bonchev–Trinajstić information content (AvgIpc) is 3.02. The number of rotatable bonds is 5. The van der Waals surface area contributed by atoms with Gasteiger partial charge in [-0.05, 0) is 5.56 Å². The molecule has 0 radical (unpaired) electrons. The molecule has 3 rings (SSSR count). The Labute approximate surface area is 147 Å². The molecule has 1 saturated heterocycles. The van der Waals surface area contributed by atoms with Gasteiger partial charge in [0, 0.05) is 18.0 Å². The molecule has 1 aliphatic heterocycles. The van der Waals surface area contributed by atoms with E-state index in [1.54, 1.807) is 29.2 Å². The smallest absolute Gasteiger partial charge is 0.377 e. The van der Waals surface area contributed by atoms with Crippen molar-refractivity contribution in [1.29, 1.82) is 0 Å². The molecular formula is C17H18F3N3O3. The Balaban J connectivity index is 1.74. The van der Waals surface area contributed by atoms with Crippen LogP contribution in [-0.2, 0) is 22.3 Å². The van der Waals surface area contributed by atoms with E-state index in [2.05, 4.69) is 14.7 Å². The van der Waals surface area contributed by atoms with Crippen molar-refractivity contribution in [3.63, 3.8) is 0 Å². The molecule has 0 spiro atoms. The second-order valence-corrected chi connectivity index (χ2v) is 6.43. The molecule has 140 valence electrons. The highest BCUT2D eigenvalue weighted by atomic mass is 19.4. The fourth-order valence-corrected chi connectivity index (χ4v) is 2.53. The van der Waals surface area contributed by atoms with Crippen LogP contribution in [-0.4, -0.2) is 40.2 Å². The molecule has 0 bridgehead atoms. The van der Waals surface area contributed by atoms with E-state index in [0.717, 1.165) is 5.56 Å². The lowest BCUT2D eigenvalue weighted by atomic mass is 10.1. The summed E-state index contributed by atoms with van der Waals surface area (Å²) < 4.78 is 47.0. The summed E-state index contributed by atoms with van der Waals surface area (Å²) >= 11 is 0. The zero-order valence-electron chi connectivity index (χ0n) is 14.3. The van der Waals surface area contributed by atoms with Gasteiger partial charge in [-0.2, -0.15) is 18.2 Å². The van der Waals surface area contributed by atoms with Crippen molar-refractivity contribution in [1.82, 2.24) is 15.0 Å². The summed E-state index contributed by atoms with van der Waals surface area (Å²) in [4.78, 5) is 17.5.